The molecule has 5 aromatic rings. The van der Waals surface area contributed by atoms with Crippen molar-refractivity contribution < 1.29 is 48.3 Å². The number of fused-ring (bicyclic) bond motifs is 3. The van der Waals surface area contributed by atoms with Crippen LogP contribution in [0.2, 0.25) is 10.0 Å². The zero-order valence-corrected chi connectivity index (χ0v) is 35.1. The van der Waals surface area contributed by atoms with E-state index in [4.69, 9.17) is 52.1 Å². The fourth-order valence-electron chi connectivity index (χ4n) is 8.17. The lowest BCUT2D eigenvalue weighted by Gasteiger charge is -2.43. The average molecular weight is 873 g/mol. The van der Waals surface area contributed by atoms with Gasteiger partial charge in [0.1, 0.15) is 28.5 Å². The highest BCUT2D eigenvalue weighted by atomic mass is 35.5. The van der Waals surface area contributed by atoms with Crippen molar-refractivity contribution in [2.45, 2.75) is 49.9 Å². The number of piperidine rings is 3. The SMILES string of the molecule is COc1ccc([C@@H](Cc2c(Cl)c[n+]([O-])cc2Cl)C(C(=O)O)c2cccc(COc3cccc([C@@H](NC(=O)O[C@H]4CN5CCC4CC5)c4ccccc4)c3)c2)cc1OC.O=CO. The second-order valence-corrected chi connectivity index (χ2v) is 15.6. The van der Waals surface area contributed by atoms with Crippen molar-refractivity contribution >= 4 is 41.7 Å². The van der Waals surface area contributed by atoms with Crippen molar-refractivity contribution in [3.05, 3.63) is 158 Å². The number of halogens is 2. The second-order valence-electron chi connectivity index (χ2n) is 14.8. The number of nitrogens with one attached hydrogen (secondary N) is 1. The summed E-state index contributed by atoms with van der Waals surface area (Å²) in [6, 6.07) is 29.3. The number of pyridine rings is 1. The maximum atomic E-state index is 13.4. The van der Waals surface area contributed by atoms with Gasteiger partial charge in [0, 0.05) is 18.0 Å². The predicted molar refractivity (Wildman–Crippen MR) is 229 cm³/mol. The summed E-state index contributed by atoms with van der Waals surface area (Å²) in [7, 11) is 3.03. The van der Waals surface area contributed by atoms with E-state index in [-0.39, 0.29) is 35.6 Å². The van der Waals surface area contributed by atoms with E-state index < -0.39 is 29.9 Å². The van der Waals surface area contributed by atoms with Crippen LogP contribution in [-0.2, 0) is 27.4 Å². The molecule has 15 heteroatoms. The summed E-state index contributed by atoms with van der Waals surface area (Å²) in [5.74, 6) is -0.987. The molecule has 3 fully saturated rings. The molecule has 3 N–H and O–H groups in total. The molecule has 4 aromatic carbocycles. The zero-order chi connectivity index (χ0) is 43.5. The molecular weight excluding hydrogens is 825 g/mol. The summed E-state index contributed by atoms with van der Waals surface area (Å²) in [6.45, 7) is 2.76. The van der Waals surface area contributed by atoms with Crippen molar-refractivity contribution in [2.75, 3.05) is 33.9 Å². The lowest BCUT2D eigenvalue weighted by atomic mass is 9.77. The third-order valence-electron chi connectivity index (χ3n) is 11.1. The Morgan fingerprint density at radius 3 is 2.16 bits per heavy atom. The summed E-state index contributed by atoms with van der Waals surface area (Å²) < 4.78 is 23.8. The van der Waals surface area contributed by atoms with Crippen LogP contribution in [0.25, 0.3) is 0 Å². The number of rotatable bonds is 15. The van der Waals surface area contributed by atoms with Crippen molar-refractivity contribution in [2.24, 2.45) is 5.92 Å². The molecule has 3 saturated heterocycles. The Morgan fingerprint density at radius 1 is 0.869 bits per heavy atom. The Bertz CT molecular complexity index is 2270. The maximum Gasteiger partial charge on any atom is 0.408 e. The zero-order valence-electron chi connectivity index (χ0n) is 33.6. The Hall–Kier alpha value is -6.02. The van der Waals surface area contributed by atoms with Gasteiger partial charge in [0.05, 0.1) is 26.2 Å². The first-order valence-electron chi connectivity index (χ1n) is 19.7. The van der Waals surface area contributed by atoms with Crippen molar-refractivity contribution in [3.63, 3.8) is 0 Å². The average Bonchev–Trinajstić information content (AvgIpc) is 3.26. The van der Waals surface area contributed by atoms with Crippen LogP contribution in [0.1, 0.15) is 64.1 Å². The van der Waals surface area contributed by atoms with E-state index in [1.807, 2.05) is 66.7 Å². The van der Waals surface area contributed by atoms with Gasteiger partial charge in [-0.25, -0.2) is 4.79 Å². The van der Waals surface area contributed by atoms with Crippen LogP contribution < -0.4 is 24.3 Å². The molecule has 61 heavy (non-hydrogen) atoms. The lowest BCUT2D eigenvalue weighted by Crippen LogP contribution is -2.52. The van der Waals surface area contributed by atoms with Crippen molar-refractivity contribution in [3.8, 4) is 17.2 Å². The van der Waals surface area contributed by atoms with Crippen molar-refractivity contribution in [1.82, 2.24) is 10.2 Å². The molecule has 0 radical (unpaired) electrons. The van der Waals surface area contributed by atoms with E-state index in [0.29, 0.717) is 44.6 Å². The van der Waals surface area contributed by atoms with Gasteiger partial charge < -0.3 is 39.7 Å². The van der Waals surface area contributed by atoms with Crippen LogP contribution in [0.15, 0.2) is 109 Å². The number of hydrogen-bond acceptors (Lipinski definition) is 9. The van der Waals surface area contributed by atoms with Gasteiger partial charge in [0.25, 0.3) is 6.47 Å². The highest BCUT2D eigenvalue weighted by Crippen LogP contribution is 2.42. The standard InChI is InChI=1S/C45H45Cl2N3O8.CH2O2/c1-55-39-15-14-31(22-40(39)56-2)35(23-36-37(46)24-50(54)25-38(36)47)42(44(51)52)32-11-6-8-28(20-32)27-57-34-13-7-12-33(21-34)43(30-9-4-3-5-10-30)48-45(53)58-41-26-49-18-16-29(41)17-19-49;2-1-3/h3-15,20-22,24-25,29,35,41-43H,16-19,23,26-27H2,1-2H3,(H,48,53)(H,51,52);1H,(H,2,3)/t35-,41+,42?,43+;/m1./s1. The van der Waals surface area contributed by atoms with Gasteiger partial charge in [0.2, 0.25) is 0 Å². The molecule has 0 spiro atoms. The van der Waals surface area contributed by atoms with Crippen LogP contribution in [0.3, 0.4) is 0 Å². The lowest BCUT2D eigenvalue weighted by molar-refractivity contribution is -0.605. The van der Waals surface area contributed by atoms with Crippen LogP contribution in [0.4, 0.5) is 4.79 Å². The smallest absolute Gasteiger partial charge is 0.408 e. The molecule has 0 saturated carbocycles. The topological polar surface area (TPSA) is 171 Å². The van der Waals surface area contributed by atoms with Gasteiger partial charge in [-0.1, -0.05) is 96.0 Å². The van der Waals surface area contributed by atoms with Gasteiger partial charge >= 0.3 is 12.1 Å². The number of carbonyl (C=O) groups excluding carboxylic acids is 1. The number of aromatic nitrogens is 1. The van der Waals surface area contributed by atoms with Gasteiger partial charge in [-0.15, -0.1) is 0 Å². The third kappa shape index (κ3) is 11.2. The van der Waals surface area contributed by atoms with E-state index in [1.54, 1.807) is 30.3 Å². The normalized spacial score (nSPS) is 18.0. The number of carboxylic acids is 1. The minimum Gasteiger partial charge on any atom is -0.619 e. The monoisotopic (exact) mass is 871 g/mol. The molecule has 3 aliphatic heterocycles. The first-order valence-corrected chi connectivity index (χ1v) is 20.4. The Kier molecular flexibility index (Phi) is 15.3. The maximum absolute atomic E-state index is 13.4. The van der Waals surface area contributed by atoms with Gasteiger partial charge in [0.15, 0.2) is 23.9 Å². The highest BCUT2D eigenvalue weighted by molar-refractivity contribution is 6.35. The summed E-state index contributed by atoms with van der Waals surface area (Å²) in [5, 5.41) is 33.2. The van der Waals surface area contributed by atoms with E-state index in [1.165, 1.54) is 26.6 Å². The molecular formula is C46H47Cl2N3O10. The molecule has 0 aliphatic carbocycles. The van der Waals surface area contributed by atoms with Gasteiger partial charge in [-0.2, -0.15) is 4.73 Å². The molecule has 1 amide bonds. The van der Waals surface area contributed by atoms with Crippen LogP contribution >= 0.6 is 23.2 Å². The second kappa shape index (κ2) is 21.0. The summed E-state index contributed by atoms with van der Waals surface area (Å²) in [4.78, 5) is 37.4. The van der Waals surface area contributed by atoms with Crippen molar-refractivity contribution in [1.29, 1.82) is 0 Å². The Labute approximate surface area is 363 Å². The minimum atomic E-state index is -1.08. The highest BCUT2D eigenvalue weighted by Gasteiger charge is 2.37. The summed E-state index contributed by atoms with van der Waals surface area (Å²) >= 11 is 13.1. The van der Waals surface area contributed by atoms with Gasteiger partial charge in [-0.05, 0) is 90.4 Å². The Balaban J connectivity index is 0.00000201. The van der Waals surface area contributed by atoms with E-state index in [9.17, 15) is 19.9 Å². The first-order chi connectivity index (χ1) is 29.5. The number of hydrogen-bond donors (Lipinski definition) is 3. The van der Waals surface area contributed by atoms with Crippen LogP contribution in [0, 0.1) is 11.1 Å². The third-order valence-corrected chi connectivity index (χ3v) is 11.8. The summed E-state index contributed by atoms with van der Waals surface area (Å²) in [5.41, 5.74) is 4.06. The molecule has 13 nitrogen and oxygen atoms in total. The number of carbonyl (C=O) groups is 3. The van der Waals surface area contributed by atoms with E-state index in [2.05, 4.69) is 10.2 Å². The molecule has 8 rings (SSSR count). The number of amides is 1. The molecule has 4 atom stereocenters. The Morgan fingerprint density at radius 2 is 1.52 bits per heavy atom. The molecule has 1 unspecified atom stereocenters. The molecule has 320 valence electrons. The molecule has 4 heterocycles. The quantitative estimate of drug-likeness (QED) is 0.0529. The molecule has 1 aromatic heterocycles. The summed E-state index contributed by atoms with van der Waals surface area (Å²) in [6.07, 6.45) is 3.99. The number of benzene rings is 4. The molecule has 2 bridgehead atoms. The predicted octanol–water partition coefficient (Wildman–Crippen LogP) is 8.03. The van der Waals surface area contributed by atoms with E-state index >= 15 is 0 Å². The minimum absolute atomic E-state index is 0.0995. The molecule has 3 aliphatic rings. The number of nitrogens with zero attached hydrogens (tertiary/aromatic N) is 2. The van der Waals surface area contributed by atoms with Crippen LogP contribution in [0.5, 0.6) is 17.2 Å². The number of aliphatic carboxylic acids is 1. The fourth-order valence-corrected chi connectivity index (χ4v) is 8.77. The fraction of sp³-hybridized carbons (Fsp3) is 0.304. The first kappa shape index (κ1) is 44.5. The number of ether oxygens (including phenoxy) is 4. The van der Waals surface area contributed by atoms with E-state index in [0.717, 1.165) is 49.2 Å². The number of alkyl carbamates (subject to hydrolysis) is 1. The van der Waals surface area contributed by atoms with Crippen LogP contribution in [-0.4, -0.2) is 73.6 Å². The largest absolute Gasteiger partial charge is 0.619 e. The van der Waals surface area contributed by atoms with Gasteiger partial charge in [-0.3, -0.25) is 14.5 Å². The number of carboxylic acid groups (broad SMARTS) is 2. The number of methoxy groups -OCH3 is 2.